The summed E-state index contributed by atoms with van der Waals surface area (Å²) in [6.07, 6.45) is 3.14. The summed E-state index contributed by atoms with van der Waals surface area (Å²) in [5.74, 6) is 0. The first-order valence-electron chi connectivity index (χ1n) is 8.13. The number of nitrogens with zero attached hydrogens (tertiary/aromatic N) is 1. The minimum absolute atomic E-state index is 0.0527. The van der Waals surface area contributed by atoms with Gasteiger partial charge in [0.15, 0.2) is 0 Å². The van der Waals surface area contributed by atoms with Crippen molar-refractivity contribution in [1.29, 1.82) is 0 Å². The van der Waals surface area contributed by atoms with Crippen molar-refractivity contribution in [1.82, 2.24) is 0 Å². The SMILES string of the molecule is O=[N+]([O-])c1cccc(C(=C=C2CCCC[C@H]2O)c2ccccc2)c1. The van der Waals surface area contributed by atoms with Gasteiger partial charge in [0, 0.05) is 23.3 Å². The molecule has 1 atom stereocenters. The molecule has 2 aromatic rings. The normalized spacial score (nSPS) is 17.2. The van der Waals surface area contributed by atoms with E-state index in [9.17, 15) is 15.2 Å². The highest BCUT2D eigenvalue weighted by Gasteiger charge is 2.17. The Morgan fingerprint density at radius 1 is 1.08 bits per heavy atom. The Bertz CT molecular complexity index is 805. The van der Waals surface area contributed by atoms with E-state index in [1.54, 1.807) is 12.1 Å². The van der Waals surface area contributed by atoms with Gasteiger partial charge >= 0.3 is 0 Å². The zero-order valence-electron chi connectivity index (χ0n) is 13.3. The number of hydrogen-bond acceptors (Lipinski definition) is 3. The Morgan fingerprint density at radius 3 is 2.54 bits per heavy atom. The van der Waals surface area contributed by atoms with Gasteiger partial charge in [-0.15, -0.1) is 5.73 Å². The lowest BCUT2D eigenvalue weighted by Crippen LogP contribution is -2.14. The van der Waals surface area contributed by atoms with E-state index in [0.717, 1.165) is 48.0 Å². The third-order valence-corrected chi connectivity index (χ3v) is 4.27. The van der Waals surface area contributed by atoms with Crippen molar-refractivity contribution >= 4 is 11.3 Å². The molecule has 3 rings (SSSR count). The molecule has 0 amide bonds. The predicted octanol–water partition coefficient (Wildman–Crippen LogP) is 4.49. The average molecular weight is 321 g/mol. The topological polar surface area (TPSA) is 63.4 Å². The van der Waals surface area contributed by atoms with Crippen LogP contribution < -0.4 is 0 Å². The minimum Gasteiger partial charge on any atom is -0.388 e. The summed E-state index contributed by atoms with van der Waals surface area (Å²) in [6, 6.07) is 16.3. The Kier molecular flexibility index (Phi) is 4.90. The van der Waals surface area contributed by atoms with Gasteiger partial charge in [0.05, 0.1) is 11.0 Å². The first-order valence-corrected chi connectivity index (χ1v) is 8.13. The predicted molar refractivity (Wildman–Crippen MR) is 93.5 cm³/mol. The largest absolute Gasteiger partial charge is 0.388 e. The Labute approximate surface area is 140 Å². The lowest BCUT2D eigenvalue weighted by Gasteiger charge is -2.19. The fraction of sp³-hybridized carbons (Fsp3) is 0.250. The number of nitro benzene ring substituents is 1. The summed E-state index contributed by atoms with van der Waals surface area (Å²) in [6.45, 7) is 0. The van der Waals surface area contributed by atoms with Crippen molar-refractivity contribution in [3.63, 3.8) is 0 Å². The molecule has 0 heterocycles. The van der Waals surface area contributed by atoms with Crippen LogP contribution in [0.1, 0.15) is 36.8 Å². The van der Waals surface area contributed by atoms with E-state index in [1.165, 1.54) is 6.07 Å². The highest BCUT2D eigenvalue weighted by Crippen LogP contribution is 2.29. The maximum Gasteiger partial charge on any atom is 0.270 e. The van der Waals surface area contributed by atoms with Crippen LogP contribution in [-0.2, 0) is 0 Å². The van der Waals surface area contributed by atoms with Crippen LogP contribution in [0, 0.1) is 10.1 Å². The Hall–Kier alpha value is -2.68. The van der Waals surface area contributed by atoms with Crippen molar-refractivity contribution in [2.75, 3.05) is 0 Å². The molecule has 0 unspecified atom stereocenters. The smallest absolute Gasteiger partial charge is 0.270 e. The van der Waals surface area contributed by atoms with Crippen molar-refractivity contribution < 1.29 is 10.0 Å². The molecule has 1 fully saturated rings. The first kappa shape index (κ1) is 16.2. The van der Waals surface area contributed by atoms with E-state index in [-0.39, 0.29) is 5.69 Å². The summed E-state index contributed by atoms with van der Waals surface area (Å²) in [7, 11) is 0. The van der Waals surface area contributed by atoms with Gasteiger partial charge in [0.1, 0.15) is 0 Å². The number of aliphatic hydroxyl groups is 1. The molecule has 0 saturated heterocycles. The minimum atomic E-state index is -0.476. The van der Waals surface area contributed by atoms with Crippen molar-refractivity contribution in [2.45, 2.75) is 31.8 Å². The molecule has 1 aliphatic rings. The molecule has 1 N–H and O–H groups in total. The fourth-order valence-electron chi connectivity index (χ4n) is 2.99. The molecule has 0 aromatic heterocycles. The maximum absolute atomic E-state index is 11.1. The van der Waals surface area contributed by atoms with Crippen LogP contribution in [0.5, 0.6) is 0 Å². The number of non-ortho nitro benzene ring substituents is 1. The number of aliphatic hydroxyl groups excluding tert-OH is 1. The molecule has 24 heavy (non-hydrogen) atoms. The van der Waals surface area contributed by atoms with Crippen LogP contribution in [0.3, 0.4) is 0 Å². The van der Waals surface area contributed by atoms with Crippen LogP contribution >= 0.6 is 0 Å². The summed E-state index contributed by atoms with van der Waals surface area (Å²) in [4.78, 5) is 10.7. The van der Waals surface area contributed by atoms with E-state index >= 15 is 0 Å². The van der Waals surface area contributed by atoms with E-state index in [1.807, 2.05) is 36.4 Å². The molecular formula is C20H19NO3. The van der Waals surface area contributed by atoms with Crippen LogP contribution in [0.15, 0.2) is 65.9 Å². The summed E-state index contributed by atoms with van der Waals surface area (Å²) >= 11 is 0. The average Bonchev–Trinajstić information content (AvgIpc) is 2.62. The highest BCUT2D eigenvalue weighted by atomic mass is 16.6. The monoisotopic (exact) mass is 321 g/mol. The van der Waals surface area contributed by atoms with Crippen LogP contribution in [0.25, 0.3) is 5.57 Å². The van der Waals surface area contributed by atoms with Gasteiger partial charge in [-0.05, 0) is 30.4 Å². The molecule has 122 valence electrons. The Balaban J connectivity index is 2.18. The Morgan fingerprint density at radius 2 is 1.83 bits per heavy atom. The molecule has 1 aliphatic carbocycles. The molecule has 0 radical (unpaired) electrons. The van der Waals surface area contributed by atoms with Crippen molar-refractivity contribution in [2.24, 2.45) is 0 Å². The lowest BCUT2D eigenvalue weighted by atomic mass is 9.90. The van der Waals surface area contributed by atoms with Gasteiger partial charge in [-0.3, -0.25) is 10.1 Å². The molecular weight excluding hydrogens is 302 g/mol. The van der Waals surface area contributed by atoms with Gasteiger partial charge < -0.3 is 5.11 Å². The molecule has 4 nitrogen and oxygen atoms in total. The van der Waals surface area contributed by atoms with Gasteiger partial charge in [-0.25, -0.2) is 0 Å². The highest BCUT2D eigenvalue weighted by molar-refractivity contribution is 5.80. The zero-order valence-corrected chi connectivity index (χ0v) is 13.3. The number of hydrogen-bond donors (Lipinski definition) is 1. The second-order valence-corrected chi connectivity index (χ2v) is 5.96. The zero-order chi connectivity index (χ0) is 16.9. The third kappa shape index (κ3) is 3.62. The van der Waals surface area contributed by atoms with Gasteiger partial charge in [-0.2, -0.15) is 0 Å². The molecule has 2 aromatic carbocycles. The van der Waals surface area contributed by atoms with Crippen molar-refractivity contribution in [3.05, 3.63) is 87.1 Å². The second-order valence-electron chi connectivity index (χ2n) is 5.96. The standard InChI is InChI=1S/C20H19NO3/c22-20-12-5-4-9-17(20)14-19(15-7-2-1-3-8-15)16-10-6-11-18(13-16)21(23)24/h1-3,6-8,10-11,13,20,22H,4-5,9,12H2/t14?,20-/m1/s1. The summed E-state index contributed by atoms with van der Waals surface area (Å²) < 4.78 is 0. The summed E-state index contributed by atoms with van der Waals surface area (Å²) in [5.41, 5.74) is 6.76. The second kappa shape index (κ2) is 7.26. The van der Waals surface area contributed by atoms with E-state index in [4.69, 9.17) is 0 Å². The van der Waals surface area contributed by atoms with Crippen LogP contribution in [0.4, 0.5) is 5.69 Å². The van der Waals surface area contributed by atoms with Gasteiger partial charge in [0.2, 0.25) is 0 Å². The molecule has 1 saturated carbocycles. The third-order valence-electron chi connectivity index (χ3n) is 4.27. The number of rotatable bonds is 3. The van der Waals surface area contributed by atoms with Crippen LogP contribution in [0.2, 0.25) is 0 Å². The van der Waals surface area contributed by atoms with E-state index in [2.05, 4.69) is 5.73 Å². The quantitative estimate of drug-likeness (QED) is 0.515. The van der Waals surface area contributed by atoms with Crippen LogP contribution in [-0.4, -0.2) is 16.1 Å². The van der Waals surface area contributed by atoms with E-state index < -0.39 is 11.0 Å². The fourth-order valence-corrected chi connectivity index (χ4v) is 2.99. The van der Waals surface area contributed by atoms with Gasteiger partial charge in [0.25, 0.3) is 5.69 Å². The molecule has 0 aliphatic heterocycles. The van der Waals surface area contributed by atoms with E-state index in [0.29, 0.717) is 0 Å². The molecule has 0 spiro atoms. The van der Waals surface area contributed by atoms with Gasteiger partial charge in [-0.1, -0.05) is 48.9 Å². The maximum atomic E-state index is 11.1. The summed E-state index contributed by atoms with van der Waals surface area (Å²) in [5, 5.41) is 21.3. The first-order chi connectivity index (χ1) is 11.6. The number of benzene rings is 2. The molecule has 4 heteroatoms. The number of nitro groups is 1. The lowest BCUT2D eigenvalue weighted by molar-refractivity contribution is -0.384. The molecule has 0 bridgehead atoms. The van der Waals surface area contributed by atoms with Crippen molar-refractivity contribution in [3.8, 4) is 0 Å².